The van der Waals surface area contributed by atoms with Gasteiger partial charge in [0.05, 0.1) is 11.3 Å². The number of aromatic nitrogens is 1. The first-order chi connectivity index (χ1) is 17.3. The first-order valence-corrected chi connectivity index (χ1v) is 12.5. The van der Waals surface area contributed by atoms with Crippen LogP contribution >= 0.6 is 0 Å². The summed E-state index contributed by atoms with van der Waals surface area (Å²) in [6, 6.07) is 10.9. The number of nitrogens with zero attached hydrogens (tertiary/aromatic N) is 4. The van der Waals surface area contributed by atoms with Crippen LogP contribution in [0.1, 0.15) is 54.9 Å². The van der Waals surface area contributed by atoms with Crippen molar-refractivity contribution < 1.29 is 19.2 Å². The molecule has 9 nitrogen and oxygen atoms in total. The summed E-state index contributed by atoms with van der Waals surface area (Å²) < 4.78 is 0. The first kappa shape index (κ1) is 24.0. The lowest BCUT2D eigenvalue weighted by Gasteiger charge is -2.48. The number of amides is 4. The minimum atomic E-state index is -0.766. The van der Waals surface area contributed by atoms with Crippen molar-refractivity contribution in [3.63, 3.8) is 0 Å². The summed E-state index contributed by atoms with van der Waals surface area (Å²) in [6.07, 6.45) is 3.92. The molecular weight excluding hydrogens is 458 g/mol. The van der Waals surface area contributed by atoms with Crippen molar-refractivity contribution in [3.8, 4) is 0 Å². The molecule has 0 aliphatic carbocycles. The monoisotopic (exact) mass is 489 g/mol. The second-order valence-corrected chi connectivity index (χ2v) is 10.0. The highest BCUT2D eigenvalue weighted by Crippen LogP contribution is 2.44. The molecule has 1 atom stereocenters. The van der Waals surface area contributed by atoms with Crippen LogP contribution in [-0.2, 0) is 14.4 Å². The molecule has 0 unspecified atom stereocenters. The van der Waals surface area contributed by atoms with Crippen molar-refractivity contribution in [2.75, 3.05) is 29.9 Å². The lowest BCUT2D eigenvalue weighted by molar-refractivity contribution is -0.134. The van der Waals surface area contributed by atoms with Gasteiger partial charge in [0.2, 0.25) is 17.7 Å². The number of carbonyl (C=O) groups excluding carboxylic acids is 4. The Hall–Kier alpha value is -3.75. The average Bonchev–Trinajstić information content (AvgIpc) is 3.18. The summed E-state index contributed by atoms with van der Waals surface area (Å²) in [4.78, 5) is 61.2. The predicted molar refractivity (Wildman–Crippen MR) is 134 cm³/mol. The quantitative estimate of drug-likeness (QED) is 0.696. The summed E-state index contributed by atoms with van der Waals surface area (Å²) in [5.41, 5.74) is 1.40. The Morgan fingerprint density at radius 3 is 2.64 bits per heavy atom. The van der Waals surface area contributed by atoms with Gasteiger partial charge in [-0.2, -0.15) is 0 Å². The molecule has 1 aromatic carbocycles. The fourth-order valence-corrected chi connectivity index (χ4v) is 5.63. The van der Waals surface area contributed by atoms with E-state index in [4.69, 9.17) is 0 Å². The van der Waals surface area contributed by atoms with Crippen LogP contribution in [0.3, 0.4) is 0 Å². The molecule has 2 fully saturated rings. The van der Waals surface area contributed by atoms with E-state index in [0.717, 1.165) is 5.56 Å². The van der Waals surface area contributed by atoms with Gasteiger partial charge in [-0.1, -0.05) is 12.1 Å². The summed E-state index contributed by atoms with van der Waals surface area (Å²) in [6.45, 7) is 5.09. The molecule has 4 heterocycles. The molecule has 0 radical (unpaired) electrons. The number of pyridine rings is 1. The maximum atomic E-state index is 13.4. The number of carbonyl (C=O) groups is 4. The number of likely N-dealkylation sites (tertiary alicyclic amines) is 1. The van der Waals surface area contributed by atoms with E-state index in [0.29, 0.717) is 55.8 Å². The van der Waals surface area contributed by atoms with Gasteiger partial charge in [-0.25, -0.2) is 4.98 Å². The normalized spacial score (nSPS) is 21.9. The Kier molecular flexibility index (Phi) is 6.24. The predicted octanol–water partition coefficient (Wildman–Crippen LogP) is 2.96. The number of piperidine rings is 1. The Balaban J connectivity index is 1.19. The molecule has 3 aliphatic rings. The van der Waals surface area contributed by atoms with Gasteiger partial charge in [0.25, 0.3) is 5.91 Å². The Morgan fingerprint density at radius 2 is 1.89 bits per heavy atom. The van der Waals surface area contributed by atoms with Crippen LogP contribution in [0.4, 0.5) is 11.5 Å². The largest absolute Gasteiger partial charge is 0.343 e. The fraction of sp³-hybridized carbons (Fsp3) is 0.444. The van der Waals surface area contributed by atoms with E-state index in [9.17, 15) is 19.2 Å². The van der Waals surface area contributed by atoms with Gasteiger partial charge in [-0.05, 0) is 62.9 Å². The van der Waals surface area contributed by atoms with Crippen LogP contribution in [0.25, 0.3) is 0 Å². The van der Waals surface area contributed by atoms with E-state index in [1.54, 1.807) is 33.0 Å². The molecule has 36 heavy (non-hydrogen) atoms. The Labute approximate surface area is 210 Å². The van der Waals surface area contributed by atoms with E-state index in [2.05, 4.69) is 10.3 Å². The molecule has 9 heteroatoms. The van der Waals surface area contributed by atoms with E-state index in [1.807, 2.05) is 38.1 Å². The Morgan fingerprint density at radius 1 is 1.14 bits per heavy atom. The van der Waals surface area contributed by atoms with E-state index < -0.39 is 5.66 Å². The zero-order valence-corrected chi connectivity index (χ0v) is 20.7. The second-order valence-electron chi connectivity index (χ2n) is 10.0. The van der Waals surface area contributed by atoms with Crippen molar-refractivity contribution in [1.29, 1.82) is 0 Å². The van der Waals surface area contributed by atoms with Gasteiger partial charge in [0.15, 0.2) is 0 Å². The molecule has 1 aromatic heterocycles. The molecule has 2 aromatic rings. The number of fused-ring (bicyclic) bond motifs is 3. The van der Waals surface area contributed by atoms with Crippen molar-refractivity contribution >= 4 is 35.1 Å². The third kappa shape index (κ3) is 4.23. The summed E-state index contributed by atoms with van der Waals surface area (Å²) in [5, 5.41) is 2.88. The molecule has 2 saturated heterocycles. The first-order valence-electron chi connectivity index (χ1n) is 12.5. The number of aryl methyl sites for hydroxylation is 1. The molecule has 1 N–H and O–H groups in total. The SMILES string of the molecule is Cc1ccnc(NC(=O)C2CCN(C(=O)CCN3C(=O)c4ccccc4N4C(=O)CC[C@@]34C)CC2)c1. The minimum Gasteiger partial charge on any atom is -0.343 e. The number of hydrogen-bond acceptors (Lipinski definition) is 5. The van der Waals surface area contributed by atoms with E-state index >= 15 is 0 Å². The van der Waals surface area contributed by atoms with Crippen molar-refractivity contribution in [3.05, 3.63) is 53.7 Å². The standard InChI is InChI=1S/C27H31N5O4/c1-18-8-13-28-22(17-18)29-25(35)19-9-14-30(15-10-19)23(33)11-16-31-26(36)20-5-3-4-6-21(20)32-24(34)7-12-27(31,32)2/h3-6,8,13,17,19H,7,9-12,14-16H2,1-2H3,(H,28,29,35)/t27-/m0/s1. The molecule has 4 amide bonds. The van der Waals surface area contributed by atoms with Gasteiger partial charge in [-0.3, -0.25) is 24.1 Å². The number of nitrogens with one attached hydrogen (secondary N) is 1. The fourth-order valence-electron chi connectivity index (χ4n) is 5.63. The number of para-hydroxylation sites is 1. The smallest absolute Gasteiger partial charge is 0.257 e. The third-order valence-electron chi connectivity index (χ3n) is 7.68. The van der Waals surface area contributed by atoms with Crippen LogP contribution in [0, 0.1) is 12.8 Å². The van der Waals surface area contributed by atoms with E-state index in [-0.39, 0.29) is 42.5 Å². The van der Waals surface area contributed by atoms with Gasteiger partial charge in [-0.15, -0.1) is 0 Å². The number of anilines is 2. The number of benzene rings is 1. The average molecular weight is 490 g/mol. The Bertz CT molecular complexity index is 1220. The second kappa shape index (κ2) is 9.37. The number of hydrogen-bond donors (Lipinski definition) is 1. The van der Waals surface area contributed by atoms with E-state index in [1.165, 1.54) is 0 Å². The minimum absolute atomic E-state index is 0.00464. The summed E-state index contributed by atoms with van der Waals surface area (Å²) >= 11 is 0. The molecule has 5 rings (SSSR count). The van der Waals surface area contributed by atoms with Gasteiger partial charge < -0.3 is 15.1 Å². The molecule has 0 spiro atoms. The van der Waals surface area contributed by atoms with Crippen LogP contribution < -0.4 is 10.2 Å². The molecule has 0 bridgehead atoms. The molecule has 3 aliphatic heterocycles. The van der Waals surface area contributed by atoms with Crippen molar-refractivity contribution in [2.45, 2.75) is 51.6 Å². The van der Waals surface area contributed by atoms with Crippen LogP contribution in [0.5, 0.6) is 0 Å². The lowest BCUT2D eigenvalue weighted by atomic mass is 9.95. The summed E-state index contributed by atoms with van der Waals surface area (Å²) in [5.74, 6) is 0.103. The maximum absolute atomic E-state index is 13.4. The number of rotatable bonds is 5. The third-order valence-corrected chi connectivity index (χ3v) is 7.68. The highest BCUT2D eigenvalue weighted by molar-refractivity contribution is 6.10. The van der Waals surface area contributed by atoms with Gasteiger partial charge in [0.1, 0.15) is 11.5 Å². The van der Waals surface area contributed by atoms with Gasteiger partial charge in [0, 0.05) is 44.6 Å². The molecular formula is C27H31N5O4. The topological polar surface area (TPSA) is 103 Å². The highest BCUT2D eigenvalue weighted by Gasteiger charge is 2.52. The molecule has 0 saturated carbocycles. The van der Waals surface area contributed by atoms with Crippen molar-refractivity contribution in [2.24, 2.45) is 5.92 Å². The maximum Gasteiger partial charge on any atom is 0.257 e. The van der Waals surface area contributed by atoms with Gasteiger partial charge >= 0.3 is 0 Å². The van der Waals surface area contributed by atoms with Crippen LogP contribution in [-0.4, -0.2) is 63.7 Å². The zero-order chi connectivity index (χ0) is 25.4. The van der Waals surface area contributed by atoms with Crippen LogP contribution in [0.2, 0.25) is 0 Å². The molecule has 188 valence electrons. The van der Waals surface area contributed by atoms with Crippen molar-refractivity contribution in [1.82, 2.24) is 14.8 Å². The summed E-state index contributed by atoms with van der Waals surface area (Å²) in [7, 11) is 0. The van der Waals surface area contributed by atoms with Crippen LogP contribution in [0.15, 0.2) is 42.6 Å². The highest BCUT2D eigenvalue weighted by atomic mass is 16.2. The zero-order valence-electron chi connectivity index (χ0n) is 20.7. The lowest BCUT2D eigenvalue weighted by Crippen LogP contribution is -2.62.